The molecule has 3 nitrogen and oxygen atoms in total. The zero-order valence-corrected chi connectivity index (χ0v) is 6.31. The molecule has 4 heteroatoms. The Bertz CT molecular complexity index is 187. The van der Waals surface area contributed by atoms with Gasteiger partial charge in [0.25, 0.3) is 0 Å². The summed E-state index contributed by atoms with van der Waals surface area (Å²) in [5.41, 5.74) is 0. The van der Waals surface area contributed by atoms with E-state index in [-0.39, 0.29) is 0 Å². The molecule has 1 aliphatic carbocycles. The van der Waals surface area contributed by atoms with Gasteiger partial charge in [-0.1, -0.05) is 0 Å². The van der Waals surface area contributed by atoms with Gasteiger partial charge in [0.2, 0.25) is 0 Å². The summed E-state index contributed by atoms with van der Waals surface area (Å²) in [4.78, 5) is 0. The maximum atomic E-state index is 9.96. The zero-order chi connectivity index (χ0) is 5.49. The van der Waals surface area contributed by atoms with Crippen molar-refractivity contribution in [1.29, 1.82) is 0 Å². The molecule has 0 unspecified atom stereocenters. The first-order valence-corrected chi connectivity index (χ1v) is 6.89. The van der Waals surface area contributed by atoms with E-state index < -0.39 is 19.8 Å². The van der Waals surface area contributed by atoms with Crippen LogP contribution in [0.5, 0.6) is 0 Å². The second kappa shape index (κ2) is 1.27. The van der Waals surface area contributed by atoms with Crippen molar-refractivity contribution in [1.82, 2.24) is 0 Å². The van der Waals surface area contributed by atoms with E-state index in [0.29, 0.717) is 12.8 Å². The Labute approximate surface area is 43.6 Å². The predicted octanol–water partition coefficient (Wildman–Crippen LogP) is 0.759. The minimum atomic E-state index is -4.93. The van der Waals surface area contributed by atoms with Gasteiger partial charge in [-0.25, -0.2) is 0 Å². The van der Waals surface area contributed by atoms with E-state index in [1.54, 1.807) is 0 Å². The first-order chi connectivity index (χ1) is 3.11. The van der Waals surface area contributed by atoms with Gasteiger partial charge in [0.1, 0.15) is 0 Å². The molecule has 1 rings (SSSR count). The molecule has 42 valence electrons. The summed E-state index contributed by atoms with van der Waals surface area (Å²) in [6.07, 6.45) is 1.26. The number of hydrogen-bond donors (Lipinski definition) is 0. The Morgan fingerprint density at radius 3 is 1.57 bits per heavy atom. The molecule has 0 atom stereocenters. The predicted molar refractivity (Wildman–Crippen MR) is 15.0 cm³/mol. The van der Waals surface area contributed by atoms with Crippen molar-refractivity contribution < 1.29 is 25.8 Å². The Morgan fingerprint density at radius 2 is 1.57 bits per heavy atom. The molecule has 0 N–H and O–H groups in total. The summed E-state index contributed by atoms with van der Waals surface area (Å²) < 4.78 is 29.5. The summed E-state index contributed by atoms with van der Waals surface area (Å²) in [5, 5.41) is 0. The minimum absolute atomic E-state index is 0.417. The van der Waals surface area contributed by atoms with E-state index in [2.05, 4.69) is 0 Å². The summed E-state index contributed by atoms with van der Waals surface area (Å²) in [5.74, 6) is 0. The van der Waals surface area contributed by atoms with Gasteiger partial charge in [-0.2, -0.15) is 0 Å². The molecule has 1 aliphatic rings. The van der Waals surface area contributed by atoms with E-state index in [1.165, 1.54) is 0 Å². The molecule has 0 heterocycles. The van der Waals surface area contributed by atoms with E-state index in [4.69, 9.17) is 0 Å². The monoisotopic (exact) mass is 276 g/mol. The second-order valence-corrected chi connectivity index (χ2v) is 7.13. The van der Waals surface area contributed by atoms with Gasteiger partial charge in [0, 0.05) is 0 Å². The Kier molecular flexibility index (Phi) is 0.944. The first-order valence-electron chi connectivity index (χ1n) is 2.00. The van der Waals surface area contributed by atoms with Crippen molar-refractivity contribution in [3.63, 3.8) is 0 Å². The Balaban J connectivity index is 2.93. The third kappa shape index (κ3) is 1.22. The van der Waals surface area contributed by atoms with Crippen molar-refractivity contribution in [3.8, 4) is 0 Å². The third-order valence-electron chi connectivity index (χ3n) is 0.885. The van der Waals surface area contributed by atoms with Crippen LogP contribution in [-0.2, 0) is 25.8 Å². The average Bonchev–Trinajstić information content (AvgIpc) is 1.99. The maximum absolute atomic E-state index is 9.96. The van der Waals surface area contributed by atoms with Gasteiger partial charge >= 0.3 is 43.1 Å². The third-order valence-corrected chi connectivity index (χ3v) is 5.17. The van der Waals surface area contributed by atoms with Gasteiger partial charge in [-0.15, -0.1) is 0 Å². The van der Waals surface area contributed by atoms with Crippen molar-refractivity contribution in [2.45, 2.75) is 17.2 Å². The summed E-state index contributed by atoms with van der Waals surface area (Å²) in [6, 6.07) is 0. The standard InChI is InChI=1S/C3H5.3O.Re/c1-2-3-1;;;;/h1H,2-3H2;;;;. The van der Waals surface area contributed by atoms with Crippen LogP contribution >= 0.6 is 0 Å². The molecule has 1 fully saturated rings. The van der Waals surface area contributed by atoms with Crippen LogP contribution in [0.25, 0.3) is 0 Å². The molecule has 0 spiro atoms. The molecular formula is C3H5O3Re. The van der Waals surface area contributed by atoms with Crippen molar-refractivity contribution in [3.05, 3.63) is 0 Å². The van der Waals surface area contributed by atoms with Crippen molar-refractivity contribution >= 4 is 0 Å². The van der Waals surface area contributed by atoms with Gasteiger partial charge < -0.3 is 0 Å². The van der Waals surface area contributed by atoms with Crippen molar-refractivity contribution in [2.75, 3.05) is 0 Å². The Morgan fingerprint density at radius 1 is 1.14 bits per heavy atom. The molecule has 7 heavy (non-hydrogen) atoms. The van der Waals surface area contributed by atoms with Crippen LogP contribution in [0.2, 0.25) is 4.39 Å². The molecule has 0 amide bonds. The molecule has 1 saturated carbocycles. The van der Waals surface area contributed by atoms with Gasteiger partial charge in [-0.3, -0.25) is 0 Å². The van der Waals surface area contributed by atoms with Gasteiger partial charge in [-0.05, 0) is 0 Å². The molecule has 0 aromatic heterocycles. The van der Waals surface area contributed by atoms with E-state index in [1.807, 2.05) is 0 Å². The van der Waals surface area contributed by atoms with Crippen LogP contribution in [0.1, 0.15) is 12.8 Å². The zero-order valence-electron chi connectivity index (χ0n) is 3.59. The fourth-order valence-corrected chi connectivity index (χ4v) is 2.70. The molecule has 0 aliphatic heterocycles. The molecule has 0 aromatic carbocycles. The quantitative estimate of drug-likeness (QED) is 0.710. The van der Waals surface area contributed by atoms with Gasteiger partial charge in [0.05, 0.1) is 0 Å². The molecular weight excluding hydrogens is 270 g/mol. The molecule has 0 aromatic rings. The van der Waals surface area contributed by atoms with Gasteiger partial charge in [0.15, 0.2) is 0 Å². The van der Waals surface area contributed by atoms with E-state index in [9.17, 15) is 10.4 Å². The fourth-order valence-electron chi connectivity index (χ4n) is 0.330. The topological polar surface area (TPSA) is 51.2 Å². The van der Waals surface area contributed by atoms with Crippen LogP contribution in [-0.4, -0.2) is 0 Å². The van der Waals surface area contributed by atoms with Crippen LogP contribution in [0.3, 0.4) is 0 Å². The fraction of sp³-hybridized carbons (Fsp3) is 1.00. The van der Waals surface area contributed by atoms with Crippen LogP contribution < -0.4 is 0 Å². The molecule has 0 bridgehead atoms. The van der Waals surface area contributed by atoms with E-state index >= 15 is 0 Å². The average molecular weight is 275 g/mol. The molecule has 0 radical (unpaired) electrons. The molecule has 0 saturated heterocycles. The van der Waals surface area contributed by atoms with Crippen molar-refractivity contribution in [2.24, 2.45) is 0 Å². The normalized spacial score (nSPS) is 22.3. The summed E-state index contributed by atoms with van der Waals surface area (Å²) in [7, 11) is 0. The second-order valence-electron chi connectivity index (χ2n) is 1.63. The van der Waals surface area contributed by atoms with E-state index in [0.717, 1.165) is 0 Å². The first kappa shape index (κ1) is 5.20. The Hall–Kier alpha value is 0.0623. The number of hydrogen-bond acceptors (Lipinski definition) is 3. The number of rotatable bonds is 1. The summed E-state index contributed by atoms with van der Waals surface area (Å²) in [6.45, 7) is 0. The summed E-state index contributed by atoms with van der Waals surface area (Å²) >= 11 is -4.93. The SMILES string of the molecule is [O]=[Re](=[O])(=[O])[CH]1CC1. The van der Waals surface area contributed by atoms with Crippen LogP contribution in [0.4, 0.5) is 0 Å². The van der Waals surface area contributed by atoms with Crippen LogP contribution in [0, 0.1) is 0 Å². The van der Waals surface area contributed by atoms with Crippen LogP contribution in [0.15, 0.2) is 0 Å².